The third-order valence-electron chi connectivity index (χ3n) is 4.18. The number of ether oxygens (including phenoxy) is 1. The maximum absolute atomic E-state index is 11.9. The highest BCUT2D eigenvalue weighted by atomic mass is 35.5. The summed E-state index contributed by atoms with van der Waals surface area (Å²) in [6.07, 6.45) is -0.904. The van der Waals surface area contributed by atoms with Crippen molar-refractivity contribution in [2.45, 2.75) is 24.5 Å². The summed E-state index contributed by atoms with van der Waals surface area (Å²) in [6, 6.07) is 2.62. The van der Waals surface area contributed by atoms with Gasteiger partial charge in [-0.15, -0.1) is 0 Å². The number of phenols is 1. The maximum Gasteiger partial charge on any atom is 0.411 e. The van der Waals surface area contributed by atoms with Crippen LogP contribution in [0.15, 0.2) is 12.1 Å². The van der Waals surface area contributed by atoms with Gasteiger partial charge in [0.05, 0.1) is 16.1 Å². The molecule has 1 aromatic carbocycles. The molecule has 118 valence electrons. The van der Waals surface area contributed by atoms with Crippen LogP contribution in [-0.2, 0) is 9.53 Å². The first-order chi connectivity index (χ1) is 10.4. The number of hydrogen-bond acceptors (Lipinski definition) is 4. The van der Waals surface area contributed by atoms with Crippen LogP contribution in [0.1, 0.15) is 17.9 Å². The highest BCUT2D eigenvalue weighted by Gasteiger charge is 2.51. The molecular weight excluding hydrogens is 331 g/mol. The average molecular weight is 345 g/mol. The summed E-state index contributed by atoms with van der Waals surface area (Å²) in [5.74, 6) is -0.510. The fourth-order valence-electron chi connectivity index (χ4n) is 3.14. The molecule has 0 spiro atoms. The molecule has 0 saturated carbocycles. The minimum atomic E-state index is -0.845. The molecule has 0 aromatic heterocycles. The van der Waals surface area contributed by atoms with Gasteiger partial charge in [0, 0.05) is 25.1 Å². The lowest BCUT2D eigenvalue weighted by Gasteiger charge is -2.16. The molecule has 2 aliphatic rings. The molecule has 22 heavy (non-hydrogen) atoms. The van der Waals surface area contributed by atoms with Crippen LogP contribution >= 0.6 is 23.2 Å². The maximum atomic E-state index is 11.9. The van der Waals surface area contributed by atoms with E-state index in [-0.39, 0.29) is 28.6 Å². The van der Waals surface area contributed by atoms with E-state index in [1.165, 1.54) is 24.1 Å². The topological polar surface area (TPSA) is 78.9 Å². The molecular formula is C14H14Cl2N2O4. The lowest BCUT2D eigenvalue weighted by molar-refractivity contribution is -0.128. The van der Waals surface area contributed by atoms with Gasteiger partial charge >= 0.3 is 6.09 Å². The second-order valence-electron chi connectivity index (χ2n) is 5.37. The molecule has 0 bridgehead atoms. The van der Waals surface area contributed by atoms with E-state index in [0.717, 1.165) is 0 Å². The van der Waals surface area contributed by atoms with Gasteiger partial charge in [0.25, 0.3) is 5.91 Å². The Balaban J connectivity index is 1.91. The molecule has 3 rings (SSSR count). The SMILES string of the molecule is CNC(=O)[C@@H]1OC(=O)N2C[C@@H](c3c(O)ccc(Cl)c3Cl)C[C@@H]12. The molecule has 2 saturated heterocycles. The summed E-state index contributed by atoms with van der Waals surface area (Å²) in [5, 5.41) is 13.2. The molecule has 0 unspecified atom stereocenters. The second kappa shape index (κ2) is 5.52. The van der Waals surface area contributed by atoms with E-state index in [0.29, 0.717) is 23.6 Å². The predicted molar refractivity (Wildman–Crippen MR) is 80.3 cm³/mol. The predicted octanol–water partition coefficient (Wildman–Crippen LogP) is 2.12. The molecule has 2 heterocycles. The Hall–Kier alpha value is -1.66. The normalized spacial score (nSPS) is 26.8. The number of carbonyl (C=O) groups excluding carboxylic acids is 2. The summed E-state index contributed by atoms with van der Waals surface area (Å²) in [6.45, 7) is 0.324. The third-order valence-corrected chi connectivity index (χ3v) is 5.00. The first-order valence-electron chi connectivity index (χ1n) is 6.79. The van der Waals surface area contributed by atoms with Gasteiger partial charge in [-0.05, 0) is 18.6 Å². The summed E-state index contributed by atoms with van der Waals surface area (Å²) < 4.78 is 5.10. The summed E-state index contributed by atoms with van der Waals surface area (Å²) in [5.41, 5.74) is 0.507. The number of rotatable bonds is 2. The van der Waals surface area contributed by atoms with E-state index < -0.39 is 12.2 Å². The van der Waals surface area contributed by atoms with Crippen molar-refractivity contribution in [3.05, 3.63) is 27.7 Å². The van der Waals surface area contributed by atoms with Crippen LogP contribution in [0.2, 0.25) is 10.0 Å². The monoisotopic (exact) mass is 344 g/mol. The van der Waals surface area contributed by atoms with E-state index in [4.69, 9.17) is 27.9 Å². The molecule has 2 fully saturated rings. The van der Waals surface area contributed by atoms with Crippen LogP contribution in [0.25, 0.3) is 0 Å². The molecule has 2 amide bonds. The van der Waals surface area contributed by atoms with Crippen molar-refractivity contribution in [3.8, 4) is 5.75 Å². The van der Waals surface area contributed by atoms with Crippen LogP contribution in [0.4, 0.5) is 4.79 Å². The summed E-state index contributed by atoms with van der Waals surface area (Å²) in [4.78, 5) is 25.2. The van der Waals surface area contributed by atoms with Gasteiger partial charge in [0.1, 0.15) is 5.75 Å². The van der Waals surface area contributed by atoms with E-state index in [2.05, 4.69) is 5.32 Å². The van der Waals surface area contributed by atoms with Crippen LogP contribution in [0.5, 0.6) is 5.75 Å². The van der Waals surface area contributed by atoms with Crippen molar-refractivity contribution < 1.29 is 19.4 Å². The van der Waals surface area contributed by atoms with Gasteiger partial charge in [0.2, 0.25) is 6.10 Å². The zero-order valence-corrected chi connectivity index (χ0v) is 13.2. The number of nitrogens with one attached hydrogen (secondary N) is 1. The lowest BCUT2D eigenvalue weighted by Crippen LogP contribution is -2.40. The average Bonchev–Trinajstić information content (AvgIpc) is 3.04. The number of cyclic esters (lactones) is 1. The Kier molecular flexibility index (Phi) is 3.82. The van der Waals surface area contributed by atoms with Crippen LogP contribution < -0.4 is 5.32 Å². The number of benzene rings is 1. The molecule has 1 aromatic rings. The fraction of sp³-hybridized carbons (Fsp3) is 0.429. The number of amides is 2. The fourth-order valence-corrected chi connectivity index (χ4v) is 3.62. The van der Waals surface area contributed by atoms with Crippen molar-refractivity contribution in [1.29, 1.82) is 0 Å². The number of aromatic hydroxyl groups is 1. The molecule has 6 nitrogen and oxygen atoms in total. The highest BCUT2D eigenvalue weighted by Crippen LogP contribution is 2.45. The second-order valence-corrected chi connectivity index (χ2v) is 6.15. The Morgan fingerprint density at radius 2 is 2.18 bits per heavy atom. The standard InChI is InChI=1S/C14H14Cl2N2O4/c1-17-13(20)12-8-4-6(5-18(8)14(21)22-12)10-9(19)3-2-7(15)11(10)16/h2-3,6,8,12,19H,4-5H2,1H3,(H,17,20)/t6-,8-,12+/m0/s1. The Labute approximate surface area is 136 Å². The number of phenolic OH excluding ortho intramolecular Hbond substituents is 1. The van der Waals surface area contributed by atoms with Crippen LogP contribution in [-0.4, -0.2) is 47.7 Å². The van der Waals surface area contributed by atoms with Gasteiger partial charge in [-0.25, -0.2) is 4.79 Å². The van der Waals surface area contributed by atoms with Gasteiger partial charge in [-0.2, -0.15) is 0 Å². The Bertz CT molecular complexity index is 652. The van der Waals surface area contributed by atoms with Crippen molar-refractivity contribution in [3.63, 3.8) is 0 Å². The zero-order chi connectivity index (χ0) is 16.0. The molecule has 8 heteroatoms. The van der Waals surface area contributed by atoms with E-state index in [1.807, 2.05) is 0 Å². The number of nitrogens with zero attached hydrogens (tertiary/aromatic N) is 1. The largest absolute Gasteiger partial charge is 0.508 e. The number of likely N-dealkylation sites (N-methyl/N-ethyl adjacent to an activating group) is 1. The van der Waals surface area contributed by atoms with Crippen LogP contribution in [0.3, 0.4) is 0 Å². The van der Waals surface area contributed by atoms with Crippen molar-refractivity contribution in [1.82, 2.24) is 10.2 Å². The minimum absolute atomic E-state index is 0.0328. The molecule has 0 aliphatic carbocycles. The van der Waals surface area contributed by atoms with Gasteiger partial charge in [-0.3, -0.25) is 4.79 Å². The first-order valence-corrected chi connectivity index (χ1v) is 7.55. The summed E-state index contributed by atoms with van der Waals surface area (Å²) in [7, 11) is 1.49. The van der Waals surface area contributed by atoms with Crippen molar-refractivity contribution >= 4 is 35.2 Å². The summed E-state index contributed by atoms with van der Waals surface area (Å²) >= 11 is 12.2. The minimum Gasteiger partial charge on any atom is -0.508 e. The van der Waals surface area contributed by atoms with E-state index in [9.17, 15) is 14.7 Å². The Morgan fingerprint density at radius 1 is 1.45 bits per heavy atom. The van der Waals surface area contributed by atoms with Crippen molar-refractivity contribution in [2.24, 2.45) is 0 Å². The third kappa shape index (κ3) is 2.27. The van der Waals surface area contributed by atoms with E-state index in [1.54, 1.807) is 0 Å². The smallest absolute Gasteiger partial charge is 0.411 e. The van der Waals surface area contributed by atoms with Gasteiger partial charge in [0.15, 0.2) is 0 Å². The van der Waals surface area contributed by atoms with Gasteiger partial charge < -0.3 is 20.1 Å². The first kappa shape index (κ1) is 15.2. The van der Waals surface area contributed by atoms with Crippen molar-refractivity contribution in [2.75, 3.05) is 13.6 Å². The highest BCUT2D eigenvalue weighted by molar-refractivity contribution is 6.42. The number of carbonyl (C=O) groups is 2. The zero-order valence-electron chi connectivity index (χ0n) is 11.7. The number of halogens is 2. The van der Waals surface area contributed by atoms with Gasteiger partial charge in [-0.1, -0.05) is 23.2 Å². The number of hydrogen-bond donors (Lipinski definition) is 2. The number of fused-ring (bicyclic) bond motifs is 1. The molecule has 0 radical (unpaired) electrons. The molecule has 2 aliphatic heterocycles. The molecule has 3 atom stereocenters. The Morgan fingerprint density at radius 3 is 2.86 bits per heavy atom. The van der Waals surface area contributed by atoms with E-state index >= 15 is 0 Å². The quantitative estimate of drug-likeness (QED) is 0.861. The lowest BCUT2D eigenvalue weighted by atomic mass is 9.93. The molecule has 2 N–H and O–H groups in total. The van der Waals surface area contributed by atoms with Crippen LogP contribution in [0, 0.1) is 0 Å².